The average Bonchev–Trinajstić information content (AvgIpc) is 2.17. The highest BCUT2D eigenvalue weighted by Crippen LogP contribution is 2.22. The van der Waals surface area contributed by atoms with Gasteiger partial charge in [0.2, 0.25) is 0 Å². The Kier molecular flexibility index (Phi) is 4.34. The fourth-order valence-corrected chi connectivity index (χ4v) is 1.46. The molecule has 0 bridgehead atoms. The Balaban J connectivity index is 2.66. The van der Waals surface area contributed by atoms with Crippen LogP contribution in [0, 0.1) is 0 Å². The summed E-state index contributed by atoms with van der Waals surface area (Å²) in [5.74, 6) is 0. The van der Waals surface area contributed by atoms with Crippen LogP contribution in [0.1, 0.15) is 45.2 Å². The van der Waals surface area contributed by atoms with Crippen molar-refractivity contribution in [3.63, 3.8) is 0 Å². The Labute approximate surface area is 93.5 Å². The van der Waals surface area contributed by atoms with Gasteiger partial charge in [0.05, 0.1) is 6.61 Å². The van der Waals surface area contributed by atoms with Crippen molar-refractivity contribution in [2.45, 2.75) is 46.1 Å². The fourth-order valence-electron chi connectivity index (χ4n) is 1.46. The number of hydrogen-bond acceptors (Lipinski definition) is 1. The van der Waals surface area contributed by atoms with Crippen molar-refractivity contribution >= 4 is 0 Å². The van der Waals surface area contributed by atoms with Crippen LogP contribution in [-0.4, -0.2) is 6.61 Å². The zero-order valence-electron chi connectivity index (χ0n) is 10.3. The zero-order valence-corrected chi connectivity index (χ0v) is 10.3. The average molecular weight is 206 g/mol. The van der Waals surface area contributed by atoms with E-state index in [1.54, 1.807) is 0 Å². The molecule has 0 unspecified atom stereocenters. The van der Waals surface area contributed by atoms with Gasteiger partial charge in [-0.05, 0) is 23.0 Å². The van der Waals surface area contributed by atoms with Crippen LogP contribution >= 0.6 is 0 Å². The molecule has 0 spiro atoms. The van der Waals surface area contributed by atoms with E-state index in [0.717, 1.165) is 19.6 Å². The molecule has 1 rings (SSSR count). The van der Waals surface area contributed by atoms with Crippen LogP contribution in [0.5, 0.6) is 0 Å². The predicted molar refractivity (Wildman–Crippen MR) is 65.1 cm³/mol. The molecule has 1 aromatic carbocycles. The van der Waals surface area contributed by atoms with E-state index in [-0.39, 0.29) is 5.41 Å². The molecule has 0 N–H and O–H groups in total. The first-order valence-corrected chi connectivity index (χ1v) is 5.71. The molecule has 0 aliphatic rings. The van der Waals surface area contributed by atoms with Crippen LogP contribution in [0.2, 0.25) is 0 Å². The Hall–Kier alpha value is -0.820. The SMILES string of the molecule is CCCOCc1cccc(C(C)(C)C)c1. The molecule has 0 fully saturated rings. The van der Waals surface area contributed by atoms with Crippen molar-refractivity contribution in [2.75, 3.05) is 6.61 Å². The van der Waals surface area contributed by atoms with Gasteiger partial charge in [0.25, 0.3) is 0 Å². The molecule has 0 aliphatic heterocycles. The summed E-state index contributed by atoms with van der Waals surface area (Å²) in [6.45, 7) is 10.4. The minimum atomic E-state index is 0.223. The molecule has 15 heavy (non-hydrogen) atoms. The number of rotatable bonds is 4. The summed E-state index contributed by atoms with van der Waals surface area (Å²) in [6.07, 6.45) is 1.08. The third-order valence-electron chi connectivity index (χ3n) is 2.41. The first-order valence-electron chi connectivity index (χ1n) is 5.71. The first-order chi connectivity index (χ1) is 7.04. The van der Waals surface area contributed by atoms with Gasteiger partial charge in [-0.15, -0.1) is 0 Å². The van der Waals surface area contributed by atoms with Crippen molar-refractivity contribution in [3.8, 4) is 0 Å². The molecule has 1 heteroatoms. The number of hydrogen-bond donors (Lipinski definition) is 0. The summed E-state index contributed by atoms with van der Waals surface area (Å²) in [7, 11) is 0. The van der Waals surface area contributed by atoms with E-state index < -0.39 is 0 Å². The Morgan fingerprint density at radius 1 is 1.20 bits per heavy atom. The molecule has 1 aromatic rings. The number of benzene rings is 1. The molecule has 0 saturated heterocycles. The second-order valence-electron chi connectivity index (χ2n) is 5.00. The lowest BCUT2D eigenvalue weighted by Gasteiger charge is -2.19. The maximum atomic E-state index is 5.54. The van der Waals surface area contributed by atoms with E-state index in [9.17, 15) is 0 Å². The highest BCUT2D eigenvalue weighted by Gasteiger charge is 2.13. The Morgan fingerprint density at radius 2 is 1.93 bits per heavy atom. The topological polar surface area (TPSA) is 9.23 Å². The van der Waals surface area contributed by atoms with Gasteiger partial charge in [-0.3, -0.25) is 0 Å². The van der Waals surface area contributed by atoms with Crippen molar-refractivity contribution in [1.29, 1.82) is 0 Å². The Morgan fingerprint density at radius 3 is 2.53 bits per heavy atom. The van der Waals surface area contributed by atoms with Crippen molar-refractivity contribution in [2.24, 2.45) is 0 Å². The van der Waals surface area contributed by atoms with Gasteiger partial charge in [-0.2, -0.15) is 0 Å². The highest BCUT2D eigenvalue weighted by molar-refractivity contribution is 5.28. The van der Waals surface area contributed by atoms with Gasteiger partial charge in [0.15, 0.2) is 0 Å². The van der Waals surface area contributed by atoms with Crippen molar-refractivity contribution < 1.29 is 4.74 Å². The summed E-state index contributed by atoms with van der Waals surface area (Å²) in [5, 5.41) is 0. The van der Waals surface area contributed by atoms with Crippen LogP contribution in [0.4, 0.5) is 0 Å². The standard InChI is InChI=1S/C14H22O/c1-5-9-15-11-12-7-6-8-13(10-12)14(2,3)4/h6-8,10H,5,9,11H2,1-4H3. The molecule has 0 amide bonds. The third kappa shape index (κ3) is 4.05. The molecule has 1 nitrogen and oxygen atoms in total. The van der Waals surface area contributed by atoms with E-state index in [0.29, 0.717) is 0 Å². The van der Waals surface area contributed by atoms with Crippen molar-refractivity contribution in [1.82, 2.24) is 0 Å². The molecule has 0 radical (unpaired) electrons. The van der Waals surface area contributed by atoms with Crippen LogP contribution in [0.3, 0.4) is 0 Å². The smallest absolute Gasteiger partial charge is 0.0716 e. The molecule has 0 heterocycles. The molecular formula is C14H22O. The summed E-state index contributed by atoms with van der Waals surface area (Å²) in [5.41, 5.74) is 2.87. The van der Waals surface area contributed by atoms with E-state index in [1.807, 2.05) is 0 Å². The first kappa shape index (κ1) is 12.3. The van der Waals surface area contributed by atoms with Gasteiger partial charge >= 0.3 is 0 Å². The third-order valence-corrected chi connectivity index (χ3v) is 2.41. The predicted octanol–water partition coefficient (Wildman–Crippen LogP) is 3.91. The molecule has 84 valence electrons. The molecule has 0 aromatic heterocycles. The largest absolute Gasteiger partial charge is 0.377 e. The lowest BCUT2D eigenvalue weighted by Crippen LogP contribution is -2.11. The quantitative estimate of drug-likeness (QED) is 0.679. The van der Waals surface area contributed by atoms with Gasteiger partial charge in [0, 0.05) is 6.61 Å². The molecule has 0 atom stereocenters. The van der Waals surface area contributed by atoms with E-state index >= 15 is 0 Å². The summed E-state index contributed by atoms with van der Waals surface area (Å²) >= 11 is 0. The molecular weight excluding hydrogens is 184 g/mol. The maximum Gasteiger partial charge on any atom is 0.0716 e. The Bertz CT molecular complexity index is 296. The van der Waals surface area contributed by atoms with Gasteiger partial charge in [0.1, 0.15) is 0 Å². The normalized spacial score (nSPS) is 11.7. The van der Waals surface area contributed by atoms with E-state index in [2.05, 4.69) is 52.0 Å². The minimum Gasteiger partial charge on any atom is -0.377 e. The number of ether oxygens (including phenoxy) is 1. The second-order valence-corrected chi connectivity index (χ2v) is 5.00. The lowest BCUT2D eigenvalue weighted by atomic mass is 9.86. The van der Waals surface area contributed by atoms with Crippen molar-refractivity contribution in [3.05, 3.63) is 35.4 Å². The lowest BCUT2D eigenvalue weighted by molar-refractivity contribution is 0.121. The summed E-state index contributed by atoms with van der Waals surface area (Å²) < 4.78 is 5.54. The molecule has 0 saturated carbocycles. The van der Waals surface area contributed by atoms with E-state index in [4.69, 9.17) is 4.74 Å². The van der Waals surface area contributed by atoms with Crippen LogP contribution < -0.4 is 0 Å². The van der Waals surface area contributed by atoms with Gasteiger partial charge in [-0.25, -0.2) is 0 Å². The maximum absolute atomic E-state index is 5.54. The van der Waals surface area contributed by atoms with E-state index in [1.165, 1.54) is 11.1 Å². The van der Waals surface area contributed by atoms with Crippen LogP contribution in [0.15, 0.2) is 24.3 Å². The monoisotopic (exact) mass is 206 g/mol. The fraction of sp³-hybridized carbons (Fsp3) is 0.571. The van der Waals surface area contributed by atoms with Gasteiger partial charge in [-0.1, -0.05) is 52.0 Å². The minimum absolute atomic E-state index is 0.223. The summed E-state index contributed by atoms with van der Waals surface area (Å²) in [6, 6.07) is 8.68. The van der Waals surface area contributed by atoms with Crippen LogP contribution in [-0.2, 0) is 16.8 Å². The van der Waals surface area contributed by atoms with Crippen LogP contribution in [0.25, 0.3) is 0 Å². The summed E-state index contributed by atoms with van der Waals surface area (Å²) in [4.78, 5) is 0. The highest BCUT2D eigenvalue weighted by atomic mass is 16.5. The second kappa shape index (κ2) is 5.32. The van der Waals surface area contributed by atoms with Gasteiger partial charge < -0.3 is 4.74 Å². The molecule has 0 aliphatic carbocycles. The zero-order chi connectivity index (χ0) is 11.3.